The second kappa shape index (κ2) is 5.25. The predicted octanol–water partition coefficient (Wildman–Crippen LogP) is 3.32. The zero-order valence-electron chi connectivity index (χ0n) is 11.2. The maximum absolute atomic E-state index is 12.1. The molecule has 1 heterocycles. The highest BCUT2D eigenvalue weighted by atomic mass is 16.2. The largest absolute Gasteiger partial charge is 0.325 e. The van der Waals surface area contributed by atoms with Crippen LogP contribution in [0.4, 0.5) is 10.5 Å². The van der Waals surface area contributed by atoms with Gasteiger partial charge in [-0.15, -0.1) is 0 Å². The molecule has 0 radical (unpaired) electrons. The molecule has 1 aromatic rings. The number of allylic oxidation sites excluding steroid dienone is 1. The molecule has 0 atom stereocenters. The van der Waals surface area contributed by atoms with Crippen LogP contribution in [0.1, 0.15) is 26.3 Å². The van der Waals surface area contributed by atoms with Crippen LogP contribution >= 0.6 is 0 Å². The van der Waals surface area contributed by atoms with Crippen LogP contribution in [0.15, 0.2) is 36.0 Å². The van der Waals surface area contributed by atoms with Crippen molar-refractivity contribution in [2.75, 3.05) is 11.4 Å². The van der Waals surface area contributed by atoms with Crippen molar-refractivity contribution in [1.82, 2.24) is 5.32 Å². The van der Waals surface area contributed by atoms with E-state index >= 15 is 0 Å². The minimum absolute atomic E-state index is 0.0417. The second-order valence-electron chi connectivity index (χ2n) is 5.02. The van der Waals surface area contributed by atoms with Crippen molar-refractivity contribution in [2.24, 2.45) is 5.92 Å². The van der Waals surface area contributed by atoms with Gasteiger partial charge in [-0.2, -0.15) is 0 Å². The van der Waals surface area contributed by atoms with Crippen molar-refractivity contribution in [2.45, 2.75) is 27.2 Å². The number of urea groups is 1. The fourth-order valence-corrected chi connectivity index (χ4v) is 1.97. The molecule has 96 valence electrons. The molecule has 2 rings (SSSR count). The van der Waals surface area contributed by atoms with Crippen molar-refractivity contribution >= 4 is 11.7 Å². The Labute approximate surface area is 108 Å². The molecule has 0 aliphatic carbocycles. The summed E-state index contributed by atoms with van der Waals surface area (Å²) in [5.41, 5.74) is 3.46. The van der Waals surface area contributed by atoms with Crippen LogP contribution in [-0.4, -0.2) is 12.6 Å². The number of rotatable bonds is 2. The Morgan fingerprint density at radius 3 is 2.83 bits per heavy atom. The molecule has 1 aliphatic rings. The predicted molar refractivity (Wildman–Crippen MR) is 74.6 cm³/mol. The van der Waals surface area contributed by atoms with Crippen LogP contribution in [0.5, 0.6) is 0 Å². The first-order chi connectivity index (χ1) is 8.59. The van der Waals surface area contributed by atoms with Crippen molar-refractivity contribution in [3.8, 4) is 0 Å². The zero-order chi connectivity index (χ0) is 13.1. The first kappa shape index (κ1) is 12.7. The van der Waals surface area contributed by atoms with E-state index in [-0.39, 0.29) is 6.03 Å². The molecule has 0 aromatic heterocycles. The summed E-state index contributed by atoms with van der Waals surface area (Å²) in [6.07, 6.45) is 2.75. The average molecular weight is 244 g/mol. The van der Waals surface area contributed by atoms with Gasteiger partial charge in [-0.25, -0.2) is 4.79 Å². The molecule has 3 heteroatoms. The van der Waals surface area contributed by atoms with E-state index in [1.807, 2.05) is 31.3 Å². The summed E-state index contributed by atoms with van der Waals surface area (Å²) in [5.74, 6) is 0.455. The Morgan fingerprint density at radius 2 is 2.11 bits per heavy atom. The lowest BCUT2D eigenvalue weighted by molar-refractivity contribution is 0.249. The Kier molecular flexibility index (Phi) is 3.70. The molecule has 0 unspecified atom stereocenters. The van der Waals surface area contributed by atoms with E-state index in [4.69, 9.17) is 0 Å². The molecule has 1 N–H and O–H groups in total. The summed E-state index contributed by atoms with van der Waals surface area (Å²) >= 11 is 0. The summed E-state index contributed by atoms with van der Waals surface area (Å²) in [5, 5.41) is 2.87. The maximum Gasteiger partial charge on any atom is 0.325 e. The van der Waals surface area contributed by atoms with Gasteiger partial charge >= 0.3 is 6.03 Å². The summed E-state index contributed by atoms with van der Waals surface area (Å²) in [6, 6.07) is 8.03. The van der Waals surface area contributed by atoms with Gasteiger partial charge in [0, 0.05) is 18.4 Å². The van der Waals surface area contributed by atoms with Gasteiger partial charge in [0.1, 0.15) is 0 Å². The molecule has 0 spiro atoms. The van der Waals surface area contributed by atoms with E-state index in [0.29, 0.717) is 5.92 Å². The number of hydrogen-bond donors (Lipinski definition) is 1. The highest BCUT2D eigenvalue weighted by Crippen LogP contribution is 2.27. The van der Waals surface area contributed by atoms with Gasteiger partial charge in [0.15, 0.2) is 0 Å². The molecule has 3 nitrogen and oxygen atoms in total. The van der Waals surface area contributed by atoms with Crippen LogP contribution < -0.4 is 10.2 Å². The molecule has 0 bridgehead atoms. The lowest BCUT2D eigenvalue weighted by atomic mass is 10.1. The van der Waals surface area contributed by atoms with E-state index in [1.54, 1.807) is 4.90 Å². The van der Waals surface area contributed by atoms with Crippen molar-refractivity contribution < 1.29 is 4.79 Å². The third kappa shape index (κ3) is 2.55. The van der Waals surface area contributed by atoms with E-state index in [0.717, 1.165) is 18.7 Å². The van der Waals surface area contributed by atoms with Crippen molar-refractivity contribution in [3.05, 3.63) is 41.6 Å². The van der Waals surface area contributed by atoms with Gasteiger partial charge in [-0.1, -0.05) is 37.6 Å². The van der Waals surface area contributed by atoms with Crippen LogP contribution in [0.2, 0.25) is 0 Å². The van der Waals surface area contributed by atoms with Gasteiger partial charge in [0.2, 0.25) is 0 Å². The third-order valence-electron chi connectivity index (χ3n) is 3.47. The molecule has 0 saturated heterocycles. The maximum atomic E-state index is 12.1. The first-order valence-corrected chi connectivity index (χ1v) is 6.42. The quantitative estimate of drug-likeness (QED) is 0.850. The van der Waals surface area contributed by atoms with Gasteiger partial charge in [0.25, 0.3) is 0 Å². The van der Waals surface area contributed by atoms with Crippen LogP contribution in [0.3, 0.4) is 0 Å². The molecule has 2 amide bonds. The normalized spacial score (nSPS) is 14.9. The van der Waals surface area contributed by atoms with Crippen molar-refractivity contribution in [3.63, 3.8) is 0 Å². The van der Waals surface area contributed by atoms with Gasteiger partial charge in [-0.05, 0) is 30.9 Å². The summed E-state index contributed by atoms with van der Waals surface area (Å²) < 4.78 is 0. The van der Waals surface area contributed by atoms with Gasteiger partial charge < -0.3 is 5.32 Å². The average Bonchev–Trinajstić information content (AvgIpc) is 2.79. The number of carbonyl (C=O) groups is 1. The zero-order valence-corrected chi connectivity index (χ0v) is 11.2. The minimum Gasteiger partial charge on any atom is -0.314 e. The topological polar surface area (TPSA) is 32.3 Å². The Balaban J connectivity index is 2.06. The number of hydrogen-bond acceptors (Lipinski definition) is 1. The number of carbonyl (C=O) groups excluding carboxylic acids is 1. The van der Waals surface area contributed by atoms with E-state index in [2.05, 4.69) is 25.2 Å². The SMILES string of the molecule is C/C(=C\NC(=O)N1CCc2ccccc21)C(C)C. The van der Waals surface area contributed by atoms with E-state index in [9.17, 15) is 4.79 Å². The second-order valence-corrected chi connectivity index (χ2v) is 5.02. The number of amides is 2. The summed E-state index contributed by atoms with van der Waals surface area (Å²) in [6.45, 7) is 7.02. The number of nitrogens with zero attached hydrogens (tertiary/aromatic N) is 1. The Morgan fingerprint density at radius 1 is 1.39 bits per heavy atom. The number of benzene rings is 1. The Hall–Kier alpha value is -1.77. The molecule has 0 saturated carbocycles. The molecule has 0 fully saturated rings. The van der Waals surface area contributed by atoms with Crippen LogP contribution in [0, 0.1) is 5.92 Å². The number of para-hydroxylation sites is 1. The molecular weight excluding hydrogens is 224 g/mol. The lowest BCUT2D eigenvalue weighted by Gasteiger charge is -2.17. The highest BCUT2D eigenvalue weighted by Gasteiger charge is 2.23. The smallest absolute Gasteiger partial charge is 0.314 e. The molecule has 18 heavy (non-hydrogen) atoms. The molecule has 1 aliphatic heterocycles. The van der Waals surface area contributed by atoms with E-state index < -0.39 is 0 Å². The minimum atomic E-state index is -0.0417. The Bertz CT molecular complexity index is 477. The van der Waals surface area contributed by atoms with Gasteiger partial charge in [-0.3, -0.25) is 4.90 Å². The monoisotopic (exact) mass is 244 g/mol. The first-order valence-electron chi connectivity index (χ1n) is 6.42. The third-order valence-corrected chi connectivity index (χ3v) is 3.47. The number of anilines is 1. The number of fused-ring (bicyclic) bond motifs is 1. The summed E-state index contributed by atoms with van der Waals surface area (Å²) in [4.78, 5) is 13.9. The fourth-order valence-electron chi connectivity index (χ4n) is 1.97. The van der Waals surface area contributed by atoms with Crippen molar-refractivity contribution in [1.29, 1.82) is 0 Å². The van der Waals surface area contributed by atoms with Crippen LogP contribution in [0.25, 0.3) is 0 Å². The number of nitrogens with one attached hydrogen (secondary N) is 1. The highest BCUT2D eigenvalue weighted by molar-refractivity contribution is 5.94. The van der Waals surface area contributed by atoms with Gasteiger partial charge in [0.05, 0.1) is 0 Å². The fraction of sp³-hybridized carbons (Fsp3) is 0.400. The standard InChI is InChI=1S/C15H20N2O/c1-11(2)12(3)10-16-15(18)17-9-8-13-6-4-5-7-14(13)17/h4-7,10-11H,8-9H2,1-3H3,(H,16,18)/b12-10+. The van der Waals surface area contributed by atoms with Crippen LogP contribution in [-0.2, 0) is 6.42 Å². The molecular formula is C15H20N2O. The lowest BCUT2D eigenvalue weighted by Crippen LogP contribution is -2.36. The summed E-state index contributed by atoms with van der Waals surface area (Å²) in [7, 11) is 0. The van der Waals surface area contributed by atoms with E-state index in [1.165, 1.54) is 11.1 Å². The molecule has 1 aromatic carbocycles.